The average Bonchev–Trinajstić information content (AvgIpc) is 2.92. The fraction of sp³-hybridized carbons (Fsp3) is 0.559. The number of piperazine rings is 1. The van der Waals surface area contributed by atoms with Gasteiger partial charge in [-0.2, -0.15) is 0 Å². The molecule has 0 saturated carbocycles. The average molecular weight is 552 g/mol. The van der Waals surface area contributed by atoms with E-state index in [9.17, 15) is 9.90 Å². The first-order valence-corrected chi connectivity index (χ1v) is 14.8. The van der Waals surface area contributed by atoms with Crippen LogP contribution in [0.25, 0.3) is 0 Å². The van der Waals surface area contributed by atoms with E-state index in [4.69, 9.17) is 4.74 Å². The van der Waals surface area contributed by atoms with Gasteiger partial charge in [-0.1, -0.05) is 46.6 Å². The highest BCUT2D eigenvalue weighted by Gasteiger charge is 2.23. The lowest BCUT2D eigenvalue weighted by molar-refractivity contribution is 0.0615. The molecular formula is C34H53N3O3. The Balaban J connectivity index is 2.29. The van der Waals surface area contributed by atoms with E-state index in [0.717, 1.165) is 63.3 Å². The van der Waals surface area contributed by atoms with Crippen molar-refractivity contribution in [3.05, 3.63) is 70.4 Å². The number of benzene rings is 1. The number of carbonyl (C=O) groups excluding carboxylic acids is 1. The molecule has 40 heavy (non-hydrogen) atoms. The van der Waals surface area contributed by atoms with Gasteiger partial charge < -0.3 is 19.6 Å². The molecule has 6 nitrogen and oxygen atoms in total. The van der Waals surface area contributed by atoms with Gasteiger partial charge in [0.25, 0.3) is 5.91 Å². The third-order valence-corrected chi connectivity index (χ3v) is 7.35. The van der Waals surface area contributed by atoms with E-state index in [-0.39, 0.29) is 12.5 Å². The van der Waals surface area contributed by atoms with E-state index in [0.29, 0.717) is 25.2 Å². The van der Waals surface area contributed by atoms with Gasteiger partial charge in [-0.3, -0.25) is 9.69 Å². The quantitative estimate of drug-likeness (QED) is 0.248. The second-order valence-electron chi connectivity index (χ2n) is 11.4. The second kappa shape index (κ2) is 17.8. The Morgan fingerprint density at radius 3 is 1.90 bits per heavy atom. The maximum atomic E-state index is 13.5. The molecule has 1 fully saturated rings. The molecule has 0 aliphatic carbocycles. The standard InChI is InChI=1S/C34H53N3O3/c1-27(2)10-8-12-29(5)16-18-36(19-17-30(6)13-9-11-28(3)4)32-26-31(14-15-33(32)40-7)34(39)37-22-20-35(21-23-37)24-25-38/h10-11,14-17,26,38H,8-9,12-13,18-25H2,1-7H3/b29-16+,30-17+. The van der Waals surface area contributed by atoms with Gasteiger partial charge in [-0.25, -0.2) is 0 Å². The number of hydrogen-bond donors (Lipinski definition) is 1. The number of aliphatic hydroxyl groups excluding tert-OH is 1. The number of nitrogens with zero attached hydrogens (tertiary/aromatic N) is 3. The molecule has 0 unspecified atom stereocenters. The SMILES string of the molecule is COc1ccc(C(=O)N2CCN(CCO)CC2)cc1N(C/C=C(\C)CCC=C(C)C)C/C=C(\C)CCC=C(C)C. The van der Waals surface area contributed by atoms with Crippen molar-refractivity contribution in [3.63, 3.8) is 0 Å². The first kappa shape index (κ1) is 33.4. The lowest BCUT2D eigenvalue weighted by Gasteiger charge is -2.34. The summed E-state index contributed by atoms with van der Waals surface area (Å²) in [6.45, 7) is 18.2. The molecule has 1 saturated heterocycles. The molecular weight excluding hydrogens is 498 g/mol. The fourth-order valence-corrected chi connectivity index (χ4v) is 4.75. The Hall–Kier alpha value is -2.83. The molecule has 1 amide bonds. The van der Waals surface area contributed by atoms with Crippen LogP contribution in [0.15, 0.2) is 64.8 Å². The monoisotopic (exact) mass is 551 g/mol. The Kier molecular flexibility index (Phi) is 14.8. The molecule has 222 valence electrons. The smallest absolute Gasteiger partial charge is 0.254 e. The van der Waals surface area contributed by atoms with E-state index < -0.39 is 0 Å². The lowest BCUT2D eigenvalue weighted by Crippen LogP contribution is -2.49. The topological polar surface area (TPSA) is 56.3 Å². The minimum Gasteiger partial charge on any atom is -0.495 e. The first-order chi connectivity index (χ1) is 19.1. The van der Waals surface area contributed by atoms with Crippen molar-refractivity contribution in [1.82, 2.24) is 9.80 Å². The van der Waals surface area contributed by atoms with Crippen LogP contribution >= 0.6 is 0 Å². The molecule has 1 N–H and O–H groups in total. The molecule has 1 aromatic rings. The Morgan fingerprint density at radius 1 is 0.875 bits per heavy atom. The van der Waals surface area contributed by atoms with E-state index in [1.807, 2.05) is 23.1 Å². The zero-order chi connectivity index (χ0) is 29.5. The number of anilines is 1. The van der Waals surface area contributed by atoms with Gasteiger partial charge in [-0.15, -0.1) is 0 Å². The number of hydrogen-bond acceptors (Lipinski definition) is 5. The fourth-order valence-electron chi connectivity index (χ4n) is 4.75. The highest BCUT2D eigenvalue weighted by atomic mass is 16.5. The third kappa shape index (κ3) is 11.7. The van der Waals surface area contributed by atoms with Crippen LogP contribution < -0.4 is 9.64 Å². The number of amides is 1. The maximum absolute atomic E-state index is 13.5. The molecule has 1 aromatic carbocycles. The van der Waals surface area contributed by atoms with Crippen molar-refractivity contribution in [2.24, 2.45) is 0 Å². The lowest BCUT2D eigenvalue weighted by atomic mass is 10.1. The van der Waals surface area contributed by atoms with E-state index >= 15 is 0 Å². The van der Waals surface area contributed by atoms with Crippen LogP contribution in [0.3, 0.4) is 0 Å². The van der Waals surface area contributed by atoms with Crippen LogP contribution in [0.5, 0.6) is 5.75 Å². The highest BCUT2D eigenvalue weighted by molar-refractivity contribution is 5.95. The van der Waals surface area contributed by atoms with E-state index in [2.05, 4.69) is 75.6 Å². The van der Waals surface area contributed by atoms with Crippen LogP contribution in [0, 0.1) is 0 Å². The Morgan fingerprint density at radius 2 is 1.43 bits per heavy atom. The molecule has 0 bridgehead atoms. The van der Waals surface area contributed by atoms with Crippen molar-refractivity contribution in [1.29, 1.82) is 0 Å². The van der Waals surface area contributed by atoms with Crippen LogP contribution in [0.2, 0.25) is 0 Å². The zero-order valence-corrected chi connectivity index (χ0v) is 26.1. The summed E-state index contributed by atoms with van der Waals surface area (Å²) in [6, 6.07) is 5.80. The molecule has 6 heteroatoms. The summed E-state index contributed by atoms with van der Waals surface area (Å²) in [7, 11) is 1.69. The van der Waals surface area contributed by atoms with Gasteiger partial charge in [0, 0.05) is 51.4 Å². The summed E-state index contributed by atoms with van der Waals surface area (Å²) < 4.78 is 5.79. The molecule has 0 aromatic heterocycles. The zero-order valence-electron chi connectivity index (χ0n) is 26.1. The van der Waals surface area contributed by atoms with Gasteiger partial charge in [-0.05, 0) is 85.4 Å². The summed E-state index contributed by atoms with van der Waals surface area (Å²) in [5, 5.41) is 9.24. The van der Waals surface area contributed by atoms with E-state index in [1.165, 1.54) is 22.3 Å². The molecule has 1 aliphatic rings. The minimum atomic E-state index is 0.0504. The molecule has 0 atom stereocenters. The third-order valence-electron chi connectivity index (χ3n) is 7.35. The van der Waals surface area contributed by atoms with Crippen molar-refractivity contribution in [2.75, 3.05) is 64.4 Å². The van der Waals surface area contributed by atoms with Gasteiger partial charge in [0.05, 0.1) is 19.4 Å². The first-order valence-electron chi connectivity index (χ1n) is 14.8. The van der Waals surface area contributed by atoms with Crippen molar-refractivity contribution in [2.45, 2.75) is 67.2 Å². The van der Waals surface area contributed by atoms with Crippen molar-refractivity contribution < 1.29 is 14.6 Å². The van der Waals surface area contributed by atoms with Gasteiger partial charge in [0.15, 0.2) is 0 Å². The second-order valence-corrected chi connectivity index (χ2v) is 11.4. The Labute approximate surface area is 243 Å². The molecule has 0 spiro atoms. The molecule has 1 heterocycles. The summed E-state index contributed by atoms with van der Waals surface area (Å²) in [5.74, 6) is 0.824. The molecule has 2 rings (SSSR count). The van der Waals surface area contributed by atoms with Gasteiger partial charge in [0.1, 0.15) is 5.75 Å². The normalized spacial score (nSPS) is 14.7. The largest absolute Gasteiger partial charge is 0.495 e. The van der Waals surface area contributed by atoms with Crippen LogP contribution in [-0.2, 0) is 0 Å². The summed E-state index contributed by atoms with van der Waals surface area (Å²) in [4.78, 5) is 19.9. The number of β-amino-alcohol motifs (C(OH)–C–C–N with tert-alkyl or cyclic N) is 1. The van der Waals surface area contributed by atoms with Crippen molar-refractivity contribution >= 4 is 11.6 Å². The van der Waals surface area contributed by atoms with Crippen LogP contribution in [0.4, 0.5) is 5.69 Å². The van der Waals surface area contributed by atoms with Gasteiger partial charge in [0.2, 0.25) is 0 Å². The predicted octanol–water partition coefficient (Wildman–Crippen LogP) is 6.64. The number of ether oxygens (including phenoxy) is 1. The minimum absolute atomic E-state index is 0.0504. The number of rotatable bonds is 15. The maximum Gasteiger partial charge on any atom is 0.254 e. The summed E-state index contributed by atoms with van der Waals surface area (Å²) in [6.07, 6.45) is 13.4. The van der Waals surface area contributed by atoms with E-state index in [1.54, 1.807) is 7.11 Å². The number of allylic oxidation sites excluding steroid dienone is 6. The summed E-state index contributed by atoms with van der Waals surface area (Å²) >= 11 is 0. The number of carbonyl (C=O) groups is 1. The van der Waals surface area contributed by atoms with Crippen LogP contribution in [-0.4, -0.2) is 80.3 Å². The van der Waals surface area contributed by atoms with Gasteiger partial charge >= 0.3 is 0 Å². The summed E-state index contributed by atoms with van der Waals surface area (Å²) in [5.41, 5.74) is 7.05. The highest BCUT2D eigenvalue weighted by Crippen LogP contribution is 2.31. The predicted molar refractivity (Wildman–Crippen MR) is 169 cm³/mol. The number of aliphatic hydroxyl groups is 1. The van der Waals surface area contributed by atoms with Crippen LogP contribution in [0.1, 0.15) is 77.6 Å². The Bertz CT molecular complexity index is 1010. The molecule has 0 radical (unpaired) electrons. The number of methoxy groups -OCH3 is 1. The molecule has 1 aliphatic heterocycles. The van der Waals surface area contributed by atoms with Crippen molar-refractivity contribution in [3.8, 4) is 5.75 Å².